The van der Waals surface area contributed by atoms with E-state index in [1.165, 1.54) is 24.3 Å². The highest BCUT2D eigenvalue weighted by atomic mass is 79.9. The van der Waals surface area contributed by atoms with Crippen molar-refractivity contribution in [2.24, 2.45) is 0 Å². The Bertz CT molecular complexity index is 1320. The van der Waals surface area contributed by atoms with E-state index in [9.17, 15) is 24.0 Å². The number of halogens is 2. The minimum absolute atomic E-state index is 0.0652. The van der Waals surface area contributed by atoms with Gasteiger partial charge in [0.1, 0.15) is 12.3 Å². The van der Waals surface area contributed by atoms with Gasteiger partial charge in [-0.3, -0.25) is 19.3 Å². The number of amides is 3. The minimum Gasteiger partial charge on any atom is -0.481 e. The molecule has 0 radical (unpaired) electrons. The minimum atomic E-state index is -0.671. The van der Waals surface area contributed by atoms with E-state index in [1.807, 2.05) is 0 Å². The number of rotatable bonds is 10. The summed E-state index contributed by atoms with van der Waals surface area (Å²) < 4.78 is 16.0. The van der Waals surface area contributed by atoms with Gasteiger partial charge in [-0.05, 0) is 68.1 Å². The predicted octanol–water partition coefficient (Wildman–Crippen LogP) is 4.90. The smallest absolute Gasteiger partial charge is 0.344 e. The van der Waals surface area contributed by atoms with Crippen molar-refractivity contribution >= 4 is 80.0 Å². The topological polar surface area (TPSA) is 128 Å². The lowest BCUT2D eigenvalue weighted by molar-refractivity contribution is -0.145. The first-order chi connectivity index (χ1) is 18.1. The van der Waals surface area contributed by atoms with Crippen molar-refractivity contribution in [2.75, 3.05) is 31.7 Å². The van der Waals surface area contributed by atoms with Crippen molar-refractivity contribution in [2.45, 2.75) is 13.8 Å². The van der Waals surface area contributed by atoms with E-state index in [0.717, 1.165) is 4.90 Å². The summed E-state index contributed by atoms with van der Waals surface area (Å²) in [5.74, 6) is -2.24. The quantitative estimate of drug-likeness (QED) is 0.290. The first kappa shape index (κ1) is 29.2. The maximum atomic E-state index is 12.9. The van der Waals surface area contributed by atoms with Crippen LogP contribution in [0, 0.1) is 0 Å². The molecule has 1 saturated heterocycles. The highest BCUT2D eigenvalue weighted by molar-refractivity contribution is 9.10. The number of carbonyl (C=O) groups is 5. The molecule has 1 fully saturated rings. The molecule has 0 bridgehead atoms. The lowest BCUT2D eigenvalue weighted by Gasteiger charge is -2.13. The molecule has 3 rings (SSSR count). The number of hydrogen-bond acceptors (Lipinski definition) is 9. The monoisotopic (exact) mass is 624 g/mol. The largest absolute Gasteiger partial charge is 0.481 e. The Balaban J connectivity index is 1.72. The van der Waals surface area contributed by atoms with Crippen molar-refractivity contribution in [1.29, 1.82) is 0 Å². The fraction of sp³-hybridized carbons (Fsp3) is 0.240. The highest BCUT2D eigenvalue weighted by Crippen LogP contribution is 2.35. The number of ether oxygens (including phenoxy) is 3. The molecule has 13 heteroatoms. The van der Waals surface area contributed by atoms with Crippen molar-refractivity contribution in [3.05, 3.63) is 61.9 Å². The van der Waals surface area contributed by atoms with Gasteiger partial charge in [-0.15, -0.1) is 0 Å². The van der Waals surface area contributed by atoms with Crippen LogP contribution >= 0.6 is 39.3 Å². The molecule has 0 saturated carbocycles. The number of hydrogen-bond donors (Lipinski definition) is 1. The molecular formula is C25H22BrClN2O8S. The van der Waals surface area contributed by atoms with E-state index >= 15 is 0 Å². The molecule has 2 aromatic carbocycles. The van der Waals surface area contributed by atoms with Gasteiger partial charge in [0.2, 0.25) is 5.91 Å². The molecule has 1 heterocycles. The molecule has 1 N–H and O–H groups in total. The number of nitrogens with zero attached hydrogens (tertiary/aromatic N) is 1. The molecule has 3 amide bonds. The second-order valence-electron chi connectivity index (χ2n) is 7.51. The Morgan fingerprint density at radius 2 is 1.82 bits per heavy atom. The third-order valence-corrected chi connectivity index (χ3v) is 6.56. The zero-order chi connectivity index (χ0) is 27.8. The maximum absolute atomic E-state index is 12.9. The van der Waals surface area contributed by atoms with E-state index in [0.29, 0.717) is 27.5 Å². The van der Waals surface area contributed by atoms with Gasteiger partial charge < -0.3 is 19.5 Å². The van der Waals surface area contributed by atoms with Crippen LogP contribution in [-0.2, 0) is 23.9 Å². The van der Waals surface area contributed by atoms with Crippen LogP contribution in [0.15, 0.2) is 45.8 Å². The SMILES string of the molecule is CCOC(=O)COc1ccc(Br)cc1/C=C1/SC(=O)N(CC(=O)Nc2ccc(Cl)c(C(=O)OCC)c2)C1=O. The number of anilines is 1. The maximum Gasteiger partial charge on any atom is 0.344 e. The fourth-order valence-corrected chi connectivity index (χ4v) is 4.60. The average Bonchev–Trinajstić information content (AvgIpc) is 3.12. The molecule has 200 valence electrons. The van der Waals surface area contributed by atoms with Gasteiger partial charge in [-0.25, -0.2) is 9.59 Å². The molecule has 10 nitrogen and oxygen atoms in total. The Hall–Kier alpha value is -3.35. The Morgan fingerprint density at radius 3 is 2.53 bits per heavy atom. The third kappa shape index (κ3) is 7.59. The number of thioether (sulfide) groups is 1. The van der Waals surface area contributed by atoms with Gasteiger partial charge in [0.25, 0.3) is 11.1 Å². The van der Waals surface area contributed by atoms with Crippen LogP contribution in [0.2, 0.25) is 5.02 Å². The van der Waals surface area contributed by atoms with Crippen molar-refractivity contribution in [3.63, 3.8) is 0 Å². The van der Waals surface area contributed by atoms with E-state index in [2.05, 4.69) is 21.2 Å². The number of benzene rings is 2. The zero-order valence-electron chi connectivity index (χ0n) is 20.2. The van der Waals surface area contributed by atoms with Crippen molar-refractivity contribution < 1.29 is 38.2 Å². The summed E-state index contributed by atoms with van der Waals surface area (Å²) in [6.07, 6.45) is 1.44. The first-order valence-electron chi connectivity index (χ1n) is 11.2. The molecule has 1 aliphatic heterocycles. The summed E-state index contributed by atoms with van der Waals surface area (Å²) >= 11 is 10.0. The van der Waals surface area contributed by atoms with E-state index in [-0.39, 0.29) is 41.0 Å². The third-order valence-electron chi connectivity index (χ3n) is 4.83. The number of esters is 2. The molecule has 0 atom stereocenters. The van der Waals surface area contributed by atoms with Gasteiger partial charge in [0.05, 0.1) is 28.7 Å². The van der Waals surface area contributed by atoms with Crippen LogP contribution in [0.5, 0.6) is 5.75 Å². The molecule has 0 aromatic heterocycles. The van der Waals surface area contributed by atoms with E-state index in [1.54, 1.807) is 32.0 Å². The van der Waals surface area contributed by atoms with Gasteiger partial charge in [0.15, 0.2) is 6.61 Å². The molecule has 38 heavy (non-hydrogen) atoms. The second-order valence-corrected chi connectivity index (χ2v) is 9.82. The Labute approximate surface area is 235 Å². The zero-order valence-corrected chi connectivity index (χ0v) is 23.4. The number of nitrogens with one attached hydrogen (secondary N) is 1. The number of carbonyl (C=O) groups excluding carboxylic acids is 5. The van der Waals surface area contributed by atoms with Crippen LogP contribution in [0.3, 0.4) is 0 Å². The van der Waals surface area contributed by atoms with Crippen LogP contribution in [0.4, 0.5) is 10.5 Å². The molecule has 0 unspecified atom stereocenters. The summed E-state index contributed by atoms with van der Waals surface area (Å²) in [6, 6.07) is 9.19. The van der Waals surface area contributed by atoms with E-state index < -0.39 is 35.5 Å². The lowest BCUT2D eigenvalue weighted by atomic mass is 10.2. The summed E-state index contributed by atoms with van der Waals surface area (Å²) in [6.45, 7) is 2.80. The second kappa shape index (κ2) is 13.4. The standard InChI is InChI=1S/C25H22BrClN2O8S/c1-3-35-22(31)13-37-19-8-5-15(26)9-14(19)10-20-23(32)29(25(34)38-20)12-21(30)28-16-6-7-18(27)17(11-16)24(33)36-4-2/h5-11H,3-4,12-13H2,1-2H3,(H,28,30)/b20-10+. The molecule has 1 aliphatic rings. The van der Waals surface area contributed by atoms with Crippen LogP contribution in [0.25, 0.3) is 6.08 Å². The summed E-state index contributed by atoms with van der Waals surface area (Å²) in [4.78, 5) is 62.7. The average molecular weight is 626 g/mol. The van der Waals surface area contributed by atoms with Gasteiger partial charge in [-0.1, -0.05) is 27.5 Å². The summed E-state index contributed by atoms with van der Waals surface area (Å²) in [5.41, 5.74) is 0.740. The number of imide groups is 1. The lowest BCUT2D eigenvalue weighted by Crippen LogP contribution is -2.36. The van der Waals surface area contributed by atoms with E-state index in [4.69, 9.17) is 25.8 Å². The normalized spacial score (nSPS) is 14.0. The van der Waals surface area contributed by atoms with Gasteiger partial charge >= 0.3 is 11.9 Å². The molecule has 0 spiro atoms. The van der Waals surface area contributed by atoms with Gasteiger partial charge in [0, 0.05) is 15.7 Å². The van der Waals surface area contributed by atoms with Crippen molar-refractivity contribution in [3.8, 4) is 5.75 Å². The summed E-state index contributed by atoms with van der Waals surface area (Å²) in [7, 11) is 0. The Kier molecular flexibility index (Phi) is 10.3. The van der Waals surface area contributed by atoms with Crippen LogP contribution in [0.1, 0.15) is 29.8 Å². The summed E-state index contributed by atoms with van der Waals surface area (Å²) in [5, 5.41) is 2.06. The van der Waals surface area contributed by atoms with Crippen molar-refractivity contribution in [1.82, 2.24) is 4.90 Å². The predicted molar refractivity (Wildman–Crippen MR) is 145 cm³/mol. The first-order valence-corrected chi connectivity index (χ1v) is 13.2. The van der Waals surface area contributed by atoms with Crippen LogP contribution < -0.4 is 10.1 Å². The Morgan fingerprint density at radius 1 is 1.08 bits per heavy atom. The molecule has 2 aromatic rings. The molecule has 0 aliphatic carbocycles. The van der Waals surface area contributed by atoms with Crippen LogP contribution in [-0.4, -0.2) is 60.3 Å². The molecular weight excluding hydrogens is 604 g/mol. The van der Waals surface area contributed by atoms with Gasteiger partial charge in [-0.2, -0.15) is 0 Å². The fourth-order valence-electron chi connectivity index (χ4n) is 3.19. The highest BCUT2D eigenvalue weighted by Gasteiger charge is 2.36.